The summed E-state index contributed by atoms with van der Waals surface area (Å²) in [5.41, 5.74) is 9.40. The molecule has 0 aromatic carbocycles. The molecule has 2 heterocycles. The first-order valence-electron chi connectivity index (χ1n) is 6.16. The van der Waals surface area contributed by atoms with Gasteiger partial charge in [0.05, 0.1) is 24.8 Å². The Morgan fingerprint density at radius 1 is 1.35 bits per heavy atom. The Labute approximate surface area is 100 Å². The van der Waals surface area contributed by atoms with Crippen molar-refractivity contribution in [3.05, 3.63) is 41.4 Å². The van der Waals surface area contributed by atoms with Crippen LogP contribution in [0.25, 0.3) is 0 Å². The molecule has 1 aliphatic carbocycles. The van der Waals surface area contributed by atoms with Gasteiger partial charge in [0, 0.05) is 17.8 Å². The number of nitrogens with two attached hydrogens (primary N) is 1. The molecule has 0 atom stereocenters. The van der Waals surface area contributed by atoms with Gasteiger partial charge in [-0.2, -0.15) is 0 Å². The monoisotopic (exact) mass is 231 g/mol. The van der Waals surface area contributed by atoms with Crippen molar-refractivity contribution >= 4 is 0 Å². The first-order valence-corrected chi connectivity index (χ1v) is 6.16. The van der Waals surface area contributed by atoms with E-state index in [9.17, 15) is 0 Å². The second-order valence-electron chi connectivity index (χ2n) is 4.55. The van der Waals surface area contributed by atoms with Crippen molar-refractivity contribution < 1.29 is 4.42 Å². The topological polar surface area (TPSA) is 57.0 Å². The lowest BCUT2D eigenvalue weighted by Crippen LogP contribution is -2.10. The van der Waals surface area contributed by atoms with E-state index < -0.39 is 0 Å². The first kappa shape index (κ1) is 10.6. The number of imidazole rings is 1. The molecule has 0 fully saturated rings. The average molecular weight is 231 g/mol. The van der Waals surface area contributed by atoms with E-state index in [4.69, 9.17) is 10.2 Å². The van der Waals surface area contributed by atoms with Gasteiger partial charge in [-0.3, -0.25) is 0 Å². The van der Waals surface area contributed by atoms with E-state index in [-0.39, 0.29) is 0 Å². The van der Waals surface area contributed by atoms with Crippen LogP contribution in [0.2, 0.25) is 0 Å². The molecule has 17 heavy (non-hydrogen) atoms. The normalized spacial score (nSPS) is 14.9. The van der Waals surface area contributed by atoms with Crippen molar-refractivity contribution in [1.82, 2.24) is 9.55 Å². The Kier molecular flexibility index (Phi) is 2.73. The maximum atomic E-state index is 5.68. The largest absolute Gasteiger partial charge is 0.467 e. The van der Waals surface area contributed by atoms with Crippen LogP contribution < -0.4 is 5.73 Å². The maximum absolute atomic E-state index is 5.68. The Morgan fingerprint density at radius 3 is 3.12 bits per heavy atom. The summed E-state index contributed by atoms with van der Waals surface area (Å²) in [7, 11) is 0. The zero-order valence-electron chi connectivity index (χ0n) is 9.85. The highest BCUT2D eigenvalue weighted by Gasteiger charge is 2.16. The van der Waals surface area contributed by atoms with Crippen molar-refractivity contribution in [3.8, 4) is 0 Å². The summed E-state index contributed by atoms with van der Waals surface area (Å²) >= 11 is 0. The van der Waals surface area contributed by atoms with Crippen LogP contribution in [-0.2, 0) is 25.9 Å². The van der Waals surface area contributed by atoms with Gasteiger partial charge in [-0.15, -0.1) is 0 Å². The molecule has 0 radical (unpaired) electrons. The Morgan fingerprint density at radius 2 is 2.24 bits per heavy atom. The first-order chi connectivity index (χ1) is 8.38. The Bertz CT molecular complexity index is 512. The second kappa shape index (κ2) is 4.37. The van der Waals surface area contributed by atoms with Gasteiger partial charge >= 0.3 is 0 Å². The standard InChI is InChI=1S/C13H17N3O/c14-7-10-5-6-17-13(10)8-16-9-15-11-3-1-2-4-12(11)16/h5-6,9H,1-4,7-8,14H2. The predicted octanol–water partition coefficient (Wildman–Crippen LogP) is 1.86. The quantitative estimate of drug-likeness (QED) is 0.877. The average Bonchev–Trinajstić information content (AvgIpc) is 2.97. The maximum Gasteiger partial charge on any atom is 0.127 e. The number of fused-ring (bicyclic) bond motifs is 1. The molecule has 2 aromatic heterocycles. The minimum atomic E-state index is 0.530. The molecule has 2 N–H and O–H groups in total. The molecule has 90 valence electrons. The lowest BCUT2D eigenvalue weighted by Gasteiger charge is -2.13. The van der Waals surface area contributed by atoms with Crippen LogP contribution in [0.15, 0.2) is 23.1 Å². The van der Waals surface area contributed by atoms with E-state index >= 15 is 0 Å². The number of aromatic nitrogens is 2. The van der Waals surface area contributed by atoms with Gasteiger partial charge in [-0.1, -0.05) is 0 Å². The molecule has 0 saturated carbocycles. The number of nitrogens with zero attached hydrogens (tertiary/aromatic N) is 2. The number of aryl methyl sites for hydroxylation is 1. The molecule has 0 bridgehead atoms. The highest BCUT2D eigenvalue weighted by molar-refractivity contribution is 5.21. The van der Waals surface area contributed by atoms with E-state index in [0.717, 1.165) is 30.7 Å². The van der Waals surface area contributed by atoms with Crippen molar-refractivity contribution in [2.75, 3.05) is 0 Å². The summed E-state index contributed by atoms with van der Waals surface area (Å²) in [6.45, 7) is 1.28. The van der Waals surface area contributed by atoms with Gasteiger partial charge in [0.15, 0.2) is 0 Å². The Hall–Kier alpha value is -1.55. The minimum Gasteiger partial charge on any atom is -0.467 e. The van der Waals surface area contributed by atoms with Crippen LogP contribution in [0.3, 0.4) is 0 Å². The van der Waals surface area contributed by atoms with Gasteiger partial charge < -0.3 is 14.7 Å². The summed E-state index contributed by atoms with van der Waals surface area (Å²) < 4.78 is 7.69. The van der Waals surface area contributed by atoms with Crippen LogP contribution in [0, 0.1) is 0 Å². The van der Waals surface area contributed by atoms with Crippen LogP contribution >= 0.6 is 0 Å². The van der Waals surface area contributed by atoms with E-state index in [1.165, 1.54) is 24.2 Å². The van der Waals surface area contributed by atoms with E-state index in [1.54, 1.807) is 6.26 Å². The number of hydrogen-bond donors (Lipinski definition) is 1. The third-order valence-corrected chi connectivity index (χ3v) is 3.48. The second-order valence-corrected chi connectivity index (χ2v) is 4.55. The van der Waals surface area contributed by atoms with Gasteiger partial charge in [-0.25, -0.2) is 4.98 Å². The number of furan rings is 1. The lowest BCUT2D eigenvalue weighted by molar-refractivity contribution is 0.481. The zero-order chi connectivity index (χ0) is 11.7. The number of hydrogen-bond acceptors (Lipinski definition) is 3. The SMILES string of the molecule is NCc1ccoc1Cn1cnc2c1CCCC2. The van der Waals surface area contributed by atoms with Crippen molar-refractivity contribution in [1.29, 1.82) is 0 Å². The molecule has 4 heteroatoms. The lowest BCUT2D eigenvalue weighted by atomic mass is 10.0. The van der Waals surface area contributed by atoms with Crippen LogP contribution in [0.1, 0.15) is 35.6 Å². The summed E-state index contributed by atoms with van der Waals surface area (Å²) in [5, 5.41) is 0. The minimum absolute atomic E-state index is 0.530. The summed E-state index contributed by atoms with van der Waals surface area (Å²) in [4.78, 5) is 4.48. The molecular formula is C13H17N3O. The van der Waals surface area contributed by atoms with Gasteiger partial charge in [0.25, 0.3) is 0 Å². The predicted molar refractivity (Wildman–Crippen MR) is 64.6 cm³/mol. The fourth-order valence-corrected chi connectivity index (χ4v) is 2.51. The molecule has 0 amide bonds. The molecule has 4 nitrogen and oxygen atoms in total. The fraction of sp³-hybridized carbons (Fsp3) is 0.462. The third kappa shape index (κ3) is 1.89. The summed E-state index contributed by atoms with van der Waals surface area (Å²) in [6, 6.07) is 1.94. The smallest absolute Gasteiger partial charge is 0.127 e. The highest BCUT2D eigenvalue weighted by atomic mass is 16.3. The molecule has 2 aromatic rings. The van der Waals surface area contributed by atoms with Crippen LogP contribution in [0.4, 0.5) is 0 Å². The van der Waals surface area contributed by atoms with Crippen molar-refractivity contribution in [3.63, 3.8) is 0 Å². The molecule has 0 aliphatic heterocycles. The fourth-order valence-electron chi connectivity index (χ4n) is 2.51. The van der Waals surface area contributed by atoms with E-state index in [2.05, 4.69) is 9.55 Å². The van der Waals surface area contributed by atoms with Crippen molar-refractivity contribution in [2.45, 2.75) is 38.8 Å². The molecule has 1 aliphatic rings. The zero-order valence-corrected chi connectivity index (χ0v) is 9.85. The Balaban J connectivity index is 1.88. The number of rotatable bonds is 3. The van der Waals surface area contributed by atoms with Gasteiger partial charge in [0.2, 0.25) is 0 Å². The van der Waals surface area contributed by atoms with Crippen LogP contribution in [-0.4, -0.2) is 9.55 Å². The van der Waals surface area contributed by atoms with Crippen molar-refractivity contribution in [2.24, 2.45) is 5.73 Å². The molecule has 3 rings (SSSR count). The molecular weight excluding hydrogens is 214 g/mol. The summed E-state index contributed by atoms with van der Waals surface area (Å²) in [6.07, 6.45) is 8.41. The molecule has 0 unspecified atom stereocenters. The molecule has 0 saturated heterocycles. The summed E-state index contributed by atoms with van der Waals surface area (Å²) in [5.74, 6) is 0.957. The van der Waals surface area contributed by atoms with Gasteiger partial charge in [0.1, 0.15) is 5.76 Å². The van der Waals surface area contributed by atoms with Crippen LogP contribution in [0.5, 0.6) is 0 Å². The van der Waals surface area contributed by atoms with Gasteiger partial charge in [-0.05, 0) is 31.7 Å². The van der Waals surface area contributed by atoms with E-state index in [0.29, 0.717) is 6.54 Å². The molecule has 0 spiro atoms. The third-order valence-electron chi connectivity index (χ3n) is 3.48. The highest BCUT2D eigenvalue weighted by Crippen LogP contribution is 2.21. The van der Waals surface area contributed by atoms with E-state index in [1.807, 2.05) is 12.4 Å².